The molecule has 2 aromatic rings. The molecule has 3 rings (SSSR count). The van der Waals surface area contributed by atoms with Crippen LogP contribution in [0.2, 0.25) is 0 Å². The third-order valence-corrected chi connectivity index (χ3v) is 2.54. The minimum Gasteiger partial charge on any atom is -0.397 e. The van der Waals surface area contributed by atoms with E-state index in [4.69, 9.17) is 5.73 Å². The molecule has 2 N–H and O–H groups in total. The van der Waals surface area contributed by atoms with E-state index >= 15 is 0 Å². The molecule has 0 bridgehead atoms. The highest BCUT2D eigenvalue weighted by Crippen LogP contribution is 2.52. The predicted octanol–water partition coefficient (Wildman–Crippen LogP) is 1.59. The Morgan fingerprint density at radius 2 is 2.20 bits per heavy atom. The number of nitrogens with zero attached hydrogens (tertiary/aromatic N) is 3. The zero-order chi connectivity index (χ0) is 10.6. The Morgan fingerprint density at radius 3 is 2.87 bits per heavy atom. The normalized spacial score (nSPS) is 23.2. The molecule has 78 valence electrons. The lowest BCUT2D eigenvalue weighted by Gasteiger charge is -2.00. The van der Waals surface area contributed by atoms with E-state index in [0.717, 1.165) is 0 Å². The lowest BCUT2D eigenvalue weighted by Crippen LogP contribution is -2.04. The van der Waals surface area contributed by atoms with E-state index in [9.17, 15) is 8.78 Å². The molecule has 1 aliphatic rings. The number of anilines is 1. The van der Waals surface area contributed by atoms with Gasteiger partial charge in [0.15, 0.2) is 5.65 Å². The van der Waals surface area contributed by atoms with E-state index in [0.29, 0.717) is 16.7 Å². The minimum atomic E-state index is -2.64. The van der Waals surface area contributed by atoms with Gasteiger partial charge in [-0.15, -0.1) is 0 Å². The fraction of sp³-hybridized carbons (Fsp3) is 0.333. The van der Waals surface area contributed by atoms with Crippen LogP contribution in [0.25, 0.3) is 11.0 Å². The van der Waals surface area contributed by atoms with Crippen LogP contribution in [0.3, 0.4) is 0 Å². The molecule has 2 aromatic heterocycles. The van der Waals surface area contributed by atoms with Gasteiger partial charge in [0.1, 0.15) is 6.04 Å². The third kappa shape index (κ3) is 1.17. The van der Waals surface area contributed by atoms with Gasteiger partial charge < -0.3 is 5.73 Å². The topological polar surface area (TPSA) is 56.7 Å². The number of alkyl halides is 2. The van der Waals surface area contributed by atoms with Gasteiger partial charge >= 0.3 is 0 Å². The Labute approximate surface area is 83.7 Å². The molecule has 4 nitrogen and oxygen atoms in total. The molecule has 0 spiro atoms. The second-order valence-corrected chi connectivity index (χ2v) is 3.75. The van der Waals surface area contributed by atoms with Gasteiger partial charge in [0.05, 0.1) is 18.1 Å². The van der Waals surface area contributed by atoms with Crippen molar-refractivity contribution in [3.05, 3.63) is 18.5 Å². The van der Waals surface area contributed by atoms with Crippen molar-refractivity contribution in [1.29, 1.82) is 0 Å². The van der Waals surface area contributed by atoms with Crippen LogP contribution in [0, 0.1) is 0 Å². The summed E-state index contributed by atoms with van der Waals surface area (Å²) in [5.41, 5.74) is 6.50. The van der Waals surface area contributed by atoms with Crippen molar-refractivity contribution in [2.24, 2.45) is 0 Å². The van der Waals surface area contributed by atoms with Gasteiger partial charge in [0.2, 0.25) is 0 Å². The van der Waals surface area contributed by atoms with E-state index in [1.807, 2.05) is 0 Å². The Morgan fingerprint density at radius 1 is 1.47 bits per heavy atom. The van der Waals surface area contributed by atoms with Gasteiger partial charge in [-0.05, 0) is 6.07 Å². The van der Waals surface area contributed by atoms with Crippen molar-refractivity contribution < 1.29 is 8.78 Å². The molecule has 0 aromatic carbocycles. The highest BCUT2D eigenvalue weighted by Gasteiger charge is 2.59. The maximum atomic E-state index is 12.9. The molecule has 1 atom stereocenters. The predicted molar refractivity (Wildman–Crippen MR) is 50.5 cm³/mol. The lowest BCUT2D eigenvalue weighted by molar-refractivity contribution is 0.0991. The fourth-order valence-electron chi connectivity index (χ4n) is 1.65. The van der Waals surface area contributed by atoms with Gasteiger partial charge in [-0.25, -0.2) is 18.4 Å². The quantitative estimate of drug-likeness (QED) is 0.777. The molecule has 1 fully saturated rings. The van der Waals surface area contributed by atoms with Gasteiger partial charge in [-0.2, -0.15) is 5.10 Å². The summed E-state index contributed by atoms with van der Waals surface area (Å²) >= 11 is 0. The highest BCUT2D eigenvalue weighted by molar-refractivity contribution is 5.77. The van der Waals surface area contributed by atoms with Gasteiger partial charge in [0.25, 0.3) is 5.92 Å². The number of nitrogen functional groups attached to an aromatic ring is 1. The molecule has 0 saturated heterocycles. The first kappa shape index (κ1) is 8.58. The van der Waals surface area contributed by atoms with E-state index < -0.39 is 12.0 Å². The van der Waals surface area contributed by atoms with E-state index in [1.165, 1.54) is 17.1 Å². The van der Waals surface area contributed by atoms with E-state index in [1.54, 1.807) is 6.07 Å². The van der Waals surface area contributed by atoms with Crippen LogP contribution in [-0.2, 0) is 0 Å². The summed E-state index contributed by atoms with van der Waals surface area (Å²) in [7, 11) is 0. The van der Waals surface area contributed by atoms with E-state index in [-0.39, 0.29) is 6.42 Å². The Balaban J connectivity index is 2.14. The maximum absolute atomic E-state index is 12.9. The van der Waals surface area contributed by atoms with Gasteiger partial charge in [0, 0.05) is 11.8 Å². The number of halogens is 2. The van der Waals surface area contributed by atoms with Crippen molar-refractivity contribution in [1.82, 2.24) is 14.8 Å². The van der Waals surface area contributed by atoms with Crippen LogP contribution in [0.4, 0.5) is 14.5 Å². The molecule has 6 heteroatoms. The molecule has 0 amide bonds. The second kappa shape index (κ2) is 2.44. The lowest BCUT2D eigenvalue weighted by atomic mass is 10.3. The van der Waals surface area contributed by atoms with Crippen molar-refractivity contribution in [3.63, 3.8) is 0 Å². The van der Waals surface area contributed by atoms with E-state index in [2.05, 4.69) is 10.1 Å². The zero-order valence-electron chi connectivity index (χ0n) is 7.69. The van der Waals surface area contributed by atoms with Crippen molar-refractivity contribution in [2.75, 3.05) is 5.73 Å². The Kier molecular flexibility index (Phi) is 1.40. The maximum Gasteiger partial charge on any atom is 0.272 e. The number of hydrogen-bond donors (Lipinski definition) is 1. The average Bonchev–Trinajstić information content (AvgIpc) is 2.63. The number of hydrogen-bond acceptors (Lipinski definition) is 3. The molecule has 0 aliphatic heterocycles. The summed E-state index contributed by atoms with van der Waals surface area (Å²) in [6.45, 7) is 0. The monoisotopic (exact) mass is 210 g/mol. The SMILES string of the molecule is Nc1cnc2c(cnn2C2CC2(F)F)c1. The zero-order valence-corrected chi connectivity index (χ0v) is 7.69. The molecule has 1 aliphatic carbocycles. The average molecular weight is 210 g/mol. The van der Waals surface area contributed by atoms with Crippen LogP contribution in [0.1, 0.15) is 12.5 Å². The molecular weight excluding hydrogens is 202 g/mol. The van der Waals surface area contributed by atoms with Crippen molar-refractivity contribution in [2.45, 2.75) is 18.4 Å². The highest BCUT2D eigenvalue weighted by atomic mass is 19.3. The molecule has 1 unspecified atom stereocenters. The molecule has 1 saturated carbocycles. The Hall–Kier alpha value is -1.72. The first-order valence-electron chi connectivity index (χ1n) is 4.54. The largest absolute Gasteiger partial charge is 0.397 e. The number of fused-ring (bicyclic) bond motifs is 1. The van der Waals surface area contributed by atoms with Crippen LogP contribution in [-0.4, -0.2) is 20.7 Å². The number of pyridine rings is 1. The van der Waals surface area contributed by atoms with Crippen molar-refractivity contribution in [3.8, 4) is 0 Å². The van der Waals surface area contributed by atoms with Crippen molar-refractivity contribution >= 4 is 16.7 Å². The third-order valence-electron chi connectivity index (χ3n) is 2.54. The number of rotatable bonds is 1. The summed E-state index contributed by atoms with van der Waals surface area (Å²) in [5.74, 6) is -2.64. The summed E-state index contributed by atoms with van der Waals surface area (Å²) in [4.78, 5) is 4.01. The standard InChI is InChI=1S/C9H8F2N4/c10-9(11)2-7(9)15-8-5(3-14-15)1-6(12)4-13-8/h1,3-4,7H,2,12H2. The van der Waals surface area contributed by atoms with Crippen LogP contribution in [0.5, 0.6) is 0 Å². The number of nitrogens with two attached hydrogens (primary N) is 1. The van der Waals surface area contributed by atoms with Crippen LogP contribution >= 0.6 is 0 Å². The molecule has 15 heavy (non-hydrogen) atoms. The fourth-order valence-corrected chi connectivity index (χ4v) is 1.65. The number of aromatic nitrogens is 3. The van der Waals surface area contributed by atoms with Gasteiger partial charge in [-0.3, -0.25) is 0 Å². The molecule has 0 radical (unpaired) electrons. The Bertz CT molecular complexity index is 534. The molecule has 2 heterocycles. The minimum absolute atomic E-state index is 0.157. The second-order valence-electron chi connectivity index (χ2n) is 3.75. The summed E-state index contributed by atoms with van der Waals surface area (Å²) < 4.78 is 27.0. The smallest absolute Gasteiger partial charge is 0.272 e. The van der Waals surface area contributed by atoms with Crippen LogP contribution in [0.15, 0.2) is 18.5 Å². The first-order chi connectivity index (χ1) is 7.08. The molecular formula is C9H8F2N4. The first-order valence-corrected chi connectivity index (χ1v) is 4.54. The van der Waals surface area contributed by atoms with Crippen LogP contribution < -0.4 is 5.73 Å². The summed E-state index contributed by atoms with van der Waals surface area (Å²) in [6, 6.07) is 0.831. The summed E-state index contributed by atoms with van der Waals surface area (Å²) in [5, 5.41) is 4.60. The van der Waals surface area contributed by atoms with Gasteiger partial charge in [-0.1, -0.05) is 0 Å². The summed E-state index contributed by atoms with van der Waals surface area (Å²) in [6.07, 6.45) is 2.80.